The molecule has 0 aromatic heterocycles. The third-order valence-corrected chi connectivity index (χ3v) is 14.0. The molecule has 5 aliphatic heterocycles. The van der Waals surface area contributed by atoms with E-state index in [1.165, 1.54) is 20.8 Å². The molecule has 5 aliphatic rings. The Morgan fingerprint density at radius 1 is 0.429 bits per heavy atom. The van der Waals surface area contributed by atoms with Crippen molar-refractivity contribution < 1.29 is 119 Å². The highest BCUT2D eigenvalue weighted by Crippen LogP contribution is 2.36. The average molecular weight is 1020 g/mol. The fraction of sp³-hybridized carbons (Fsp3) is 0.978. The Labute approximate surface area is 408 Å². The van der Waals surface area contributed by atoms with Crippen LogP contribution in [0.15, 0.2) is 0 Å². The number of aliphatic hydroxyl groups is 12. The van der Waals surface area contributed by atoms with Crippen molar-refractivity contribution in [1.29, 1.82) is 0 Å². The summed E-state index contributed by atoms with van der Waals surface area (Å²) in [6.45, 7) is 7.20. The van der Waals surface area contributed by atoms with E-state index in [2.05, 4.69) is 6.92 Å². The maximum absolute atomic E-state index is 11.7. The number of aliphatic hydroxyl groups excluding tert-OH is 12. The molecule has 5 rings (SSSR count). The Balaban J connectivity index is 1.26. The Morgan fingerprint density at radius 2 is 0.829 bits per heavy atom. The Bertz CT molecular complexity index is 1520. The van der Waals surface area contributed by atoms with Crippen LogP contribution in [0.3, 0.4) is 0 Å². The summed E-state index contributed by atoms with van der Waals surface area (Å²) in [6, 6.07) is 0. The molecule has 1 unspecified atom stereocenters. The lowest BCUT2D eigenvalue weighted by molar-refractivity contribution is -0.390. The van der Waals surface area contributed by atoms with Gasteiger partial charge in [0.25, 0.3) is 0 Å². The zero-order chi connectivity index (χ0) is 51.6. The largest absolute Gasteiger partial charge is 0.481 e. The maximum Gasteiger partial charge on any atom is 0.303 e. The van der Waals surface area contributed by atoms with Gasteiger partial charge < -0.3 is 114 Å². The van der Waals surface area contributed by atoms with Crippen LogP contribution in [0.5, 0.6) is 0 Å². The summed E-state index contributed by atoms with van der Waals surface area (Å²) < 4.78 is 59.0. The maximum atomic E-state index is 11.7. The van der Waals surface area contributed by atoms with E-state index in [1.807, 2.05) is 0 Å². The molecule has 0 radical (unpaired) electrons. The van der Waals surface area contributed by atoms with Crippen molar-refractivity contribution in [2.24, 2.45) is 0 Å². The van der Waals surface area contributed by atoms with E-state index in [0.29, 0.717) is 19.3 Å². The minimum atomic E-state index is -2.04. The van der Waals surface area contributed by atoms with Crippen LogP contribution in [0.2, 0.25) is 0 Å². The first-order valence-electron chi connectivity index (χ1n) is 25.1. The van der Waals surface area contributed by atoms with Crippen molar-refractivity contribution in [3.05, 3.63) is 0 Å². The van der Waals surface area contributed by atoms with Crippen molar-refractivity contribution >= 4 is 5.97 Å². The van der Waals surface area contributed by atoms with Gasteiger partial charge in [0.15, 0.2) is 31.5 Å². The average Bonchev–Trinajstić information content (AvgIpc) is 3.32. The number of aliphatic carboxylic acids is 1. The first-order chi connectivity index (χ1) is 33.2. The van der Waals surface area contributed by atoms with Gasteiger partial charge in [-0.05, 0) is 47.0 Å². The number of rotatable bonds is 25. The third-order valence-electron chi connectivity index (χ3n) is 14.0. The highest BCUT2D eigenvalue weighted by molar-refractivity contribution is 5.66. The fourth-order valence-corrected chi connectivity index (χ4v) is 9.42. The van der Waals surface area contributed by atoms with E-state index in [1.54, 1.807) is 6.92 Å². The van der Waals surface area contributed by atoms with Gasteiger partial charge in [-0.2, -0.15) is 0 Å². The van der Waals surface area contributed by atoms with E-state index in [4.69, 9.17) is 52.5 Å². The molecule has 5 heterocycles. The van der Waals surface area contributed by atoms with E-state index in [-0.39, 0.29) is 12.5 Å². The van der Waals surface area contributed by atoms with Crippen LogP contribution in [-0.2, 0) is 52.2 Å². The number of ether oxygens (including phenoxy) is 10. The molecule has 70 heavy (non-hydrogen) atoms. The SMILES string of the molecule is CCCCCC(CCCCCCCCCC(=O)O)O[C@@H]1O[C@H](C)[C@H](O)[C@H](O[C@@H]2O[C@@H](C)[C@H](O)[C@@H](O[C@@H]3O[C@H](CO[C@@H]4O[C@@H](C)[C@H](O)[C@@H](O)[C@H]4O)[C@@H](O[C@@H]4O[C@@H](C)[C@H](O)[C@@H](O)[C@H]4O)[C@H](O)[C@H]3O)[C@H]2O)[C@H]1O. The van der Waals surface area contributed by atoms with Crippen LogP contribution in [0.4, 0.5) is 0 Å². The highest BCUT2D eigenvalue weighted by atomic mass is 16.8. The number of carbonyl (C=O) groups is 1. The number of unbranched alkanes of at least 4 members (excludes halogenated alkanes) is 8. The molecule has 0 spiro atoms. The van der Waals surface area contributed by atoms with Gasteiger partial charge in [0.1, 0.15) is 97.7 Å². The molecular weight excluding hydrogens is 936 g/mol. The molecule has 5 saturated heterocycles. The van der Waals surface area contributed by atoms with Crippen LogP contribution in [0, 0.1) is 0 Å². The zero-order valence-corrected chi connectivity index (χ0v) is 40.7. The van der Waals surface area contributed by atoms with Gasteiger partial charge in [-0.15, -0.1) is 0 Å². The molecule has 13 N–H and O–H groups in total. The lowest BCUT2D eigenvalue weighted by atomic mass is 9.95. The number of carboxylic acids is 1. The summed E-state index contributed by atoms with van der Waals surface area (Å²) >= 11 is 0. The smallest absolute Gasteiger partial charge is 0.303 e. The Morgan fingerprint density at radius 3 is 1.37 bits per heavy atom. The first kappa shape index (κ1) is 59.5. The van der Waals surface area contributed by atoms with Crippen LogP contribution < -0.4 is 0 Å². The topological polar surface area (TPSA) is 372 Å². The molecule has 24 nitrogen and oxygen atoms in total. The molecule has 5 fully saturated rings. The van der Waals surface area contributed by atoms with Gasteiger partial charge >= 0.3 is 5.97 Å². The van der Waals surface area contributed by atoms with Crippen LogP contribution in [0.1, 0.15) is 118 Å². The summed E-state index contributed by atoms with van der Waals surface area (Å²) in [5.41, 5.74) is 0. The van der Waals surface area contributed by atoms with E-state index < -0.39 is 166 Å². The van der Waals surface area contributed by atoms with Gasteiger partial charge in [-0.3, -0.25) is 4.79 Å². The third kappa shape index (κ3) is 15.4. The lowest BCUT2D eigenvalue weighted by Gasteiger charge is -2.49. The molecule has 0 aromatic carbocycles. The molecule has 26 atom stereocenters. The Kier molecular flexibility index (Phi) is 23.7. The molecule has 0 amide bonds. The zero-order valence-electron chi connectivity index (χ0n) is 40.7. The predicted octanol–water partition coefficient (Wildman–Crippen LogP) is -2.25. The van der Waals surface area contributed by atoms with Crippen LogP contribution in [0.25, 0.3) is 0 Å². The molecule has 0 aliphatic carbocycles. The van der Waals surface area contributed by atoms with Crippen molar-refractivity contribution in [2.45, 2.75) is 278 Å². The number of hydrogen-bond acceptors (Lipinski definition) is 23. The molecular formula is C46H82O24. The van der Waals surface area contributed by atoms with E-state index in [9.17, 15) is 66.1 Å². The fourth-order valence-electron chi connectivity index (χ4n) is 9.42. The summed E-state index contributed by atoms with van der Waals surface area (Å²) in [5, 5.41) is 140. The lowest BCUT2D eigenvalue weighted by Crippen LogP contribution is -2.67. The van der Waals surface area contributed by atoms with Gasteiger partial charge in [0.2, 0.25) is 0 Å². The van der Waals surface area contributed by atoms with Crippen molar-refractivity contribution in [3.8, 4) is 0 Å². The molecule has 0 saturated carbocycles. The second-order valence-corrected chi connectivity index (χ2v) is 19.6. The van der Waals surface area contributed by atoms with Crippen LogP contribution >= 0.6 is 0 Å². The van der Waals surface area contributed by atoms with E-state index >= 15 is 0 Å². The normalized spacial score (nSPS) is 45.4. The quantitative estimate of drug-likeness (QED) is 0.0430. The molecule has 410 valence electrons. The van der Waals surface area contributed by atoms with Crippen molar-refractivity contribution in [1.82, 2.24) is 0 Å². The Hall–Kier alpha value is -1.41. The van der Waals surface area contributed by atoms with Crippen LogP contribution in [-0.4, -0.2) is 239 Å². The summed E-state index contributed by atoms with van der Waals surface area (Å²) in [6.07, 6.45) is -29.2. The van der Waals surface area contributed by atoms with Crippen molar-refractivity contribution in [3.63, 3.8) is 0 Å². The highest BCUT2D eigenvalue weighted by Gasteiger charge is 2.55. The molecule has 0 aromatic rings. The van der Waals surface area contributed by atoms with Gasteiger partial charge in [-0.25, -0.2) is 0 Å². The van der Waals surface area contributed by atoms with E-state index in [0.717, 1.165) is 57.8 Å². The van der Waals surface area contributed by atoms with Gasteiger partial charge in [0.05, 0.1) is 37.1 Å². The van der Waals surface area contributed by atoms with Gasteiger partial charge in [-0.1, -0.05) is 64.7 Å². The van der Waals surface area contributed by atoms with Crippen molar-refractivity contribution in [2.75, 3.05) is 6.61 Å². The molecule has 0 bridgehead atoms. The van der Waals surface area contributed by atoms with Gasteiger partial charge in [0, 0.05) is 6.42 Å². The number of hydrogen-bond donors (Lipinski definition) is 13. The summed E-state index contributed by atoms with van der Waals surface area (Å²) in [5.74, 6) is -0.792. The number of carboxylic acid groups (broad SMARTS) is 1. The minimum Gasteiger partial charge on any atom is -0.481 e. The second-order valence-electron chi connectivity index (χ2n) is 19.6. The first-order valence-corrected chi connectivity index (χ1v) is 25.1. The minimum absolute atomic E-state index is 0.168. The summed E-state index contributed by atoms with van der Waals surface area (Å²) in [7, 11) is 0. The molecule has 24 heteroatoms. The predicted molar refractivity (Wildman–Crippen MR) is 237 cm³/mol. The monoisotopic (exact) mass is 1020 g/mol. The summed E-state index contributed by atoms with van der Waals surface area (Å²) in [4.78, 5) is 10.8. The second kappa shape index (κ2) is 27.9. The standard InChI is InChI=1S/C46H82O24/c1-6-7-13-16-24(17-14-11-9-8-10-12-15-18-26(47)48)66-45-37(59)40(29(51)22(4)64-45)70-46-38(60)41(30(52)23(5)65-46)69-44-36(58)33(55)39(68-43-35(57)32(54)28(50)21(3)63-43)25(67-44)19-61-42-34(56)31(53)27(49)20(2)62-42/h20-25,27-46,49-60H,6-19H2,1-5H3,(H,47,48)/t20-,21-,22+,23-,24?,25+,27-,28-,29-,30-,31+,32+,33+,34+,35+,36+,37+,38+,39+,40-,41+,42+,43-,44-,45-,46-/m0/s1.